The molecule has 3 nitrogen and oxygen atoms in total. The molecule has 112 valence electrons. The van der Waals surface area contributed by atoms with Gasteiger partial charge >= 0.3 is 0 Å². The molecule has 0 aliphatic heterocycles. The van der Waals surface area contributed by atoms with Crippen molar-refractivity contribution in [2.75, 3.05) is 5.75 Å². The van der Waals surface area contributed by atoms with Gasteiger partial charge in [-0.25, -0.2) is 8.42 Å². The van der Waals surface area contributed by atoms with E-state index in [1.165, 1.54) is 0 Å². The molecule has 0 aliphatic rings. The zero-order valence-electron chi connectivity index (χ0n) is 12.4. The lowest BCUT2D eigenvalue weighted by atomic mass is 10.0. The first-order valence-electron chi connectivity index (χ1n) is 7.18. The number of hydrogen-bond acceptors (Lipinski definition) is 3. The first-order chi connectivity index (χ1) is 10.6. The molecule has 0 saturated carbocycles. The van der Waals surface area contributed by atoms with Crippen LogP contribution >= 0.6 is 0 Å². The van der Waals surface area contributed by atoms with Gasteiger partial charge in [0, 0.05) is 11.6 Å². The minimum absolute atomic E-state index is 0.0894. The van der Waals surface area contributed by atoms with Gasteiger partial charge in [0.2, 0.25) is 0 Å². The molecule has 1 aromatic heterocycles. The van der Waals surface area contributed by atoms with Crippen LogP contribution in [-0.2, 0) is 16.3 Å². The van der Waals surface area contributed by atoms with Crippen molar-refractivity contribution in [2.24, 2.45) is 0 Å². The van der Waals surface area contributed by atoms with Gasteiger partial charge in [0.05, 0.1) is 16.2 Å². The number of benzene rings is 2. The zero-order valence-corrected chi connectivity index (χ0v) is 13.2. The minimum atomic E-state index is -3.27. The molecule has 2 aromatic carbocycles. The second-order valence-corrected chi connectivity index (χ2v) is 7.49. The van der Waals surface area contributed by atoms with Crippen molar-refractivity contribution in [1.82, 2.24) is 4.98 Å². The van der Waals surface area contributed by atoms with Gasteiger partial charge in [0.15, 0.2) is 9.84 Å². The van der Waals surface area contributed by atoms with Crippen LogP contribution in [0, 0.1) is 6.92 Å². The third-order valence-corrected chi connectivity index (χ3v) is 5.40. The van der Waals surface area contributed by atoms with E-state index in [0.717, 1.165) is 22.0 Å². The lowest BCUT2D eigenvalue weighted by molar-refractivity contribution is 0.595. The first-order valence-corrected chi connectivity index (χ1v) is 8.83. The fraction of sp³-hybridized carbons (Fsp3) is 0.167. The van der Waals surface area contributed by atoms with Crippen LogP contribution in [0.2, 0.25) is 0 Å². The number of aryl methyl sites for hydroxylation is 2. The van der Waals surface area contributed by atoms with Crippen LogP contribution in [0.5, 0.6) is 0 Å². The summed E-state index contributed by atoms with van der Waals surface area (Å²) in [5.41, 5.74) is 2.99. The average Bonchev–Trinajstić information content (AvgIpc) is 2.53. The van der Waals surface area contributed by atoms with Crippen molar-refractivity contribution in [3.63, 3.8) is 0 Å². The maximum absolute atomic E-state index is 12.4. The number of pyridine rings is 1. The Morgan fingerprint density at radius 1 is 1.00 bits per heavy atom. The predicted molar refractivity (Wildman–Crippen MR) is 88.7 cm³/mol. The van der Waals surface area contributed by atoms with E-state index >= 15 is 0 Å². The molecular formula is C18H17NO2S. The quantitative estimate of drug-likeness (QED) is 0.740. The van der Waals surface area contributed by atoms with E-state index < -0.39 is 9.84 Å². The Morgan fingerprint density at radius 2 is 1.77 bits per heavy atom. The lowest BCUT2D eigenvalue weighted by Crippen LogP contribution is -2.09. The summed E-state index contributed by atoms with van der Waals surface area (Å²) in [6, 6.07) is 16.6. The van der Waals surface area contributed by atoms with Gasteiger partial charge in [-0.15, -0.1) is 0 Å². The molecule has 0 amide bonds. The molecule has 22 heavy (non-hydrogen) atoms. The summed E-state index contributed by atoms with van der Waals surface area (Å²) in [4.78, 5) is 4.78. The topological polar surface area (TPSA) is 47.0 Å². The lowest BCUT2D eigenvalue weighted by Gasteiger charge is -2.08. The van der Waals surface area contributed by atoms with Gasteiger partial charge in [0.1, 0.15) is 0 Å². The Morgan fingerprint density at radius 3 is 2.55 bits per heavy atom. The van der Waals surface area contributed by atoms with Crippen molar-refractivity contribution in [3.05, 3.63) is 71.9 Å². The number of aromatic nitrogens is 1. The Bertz CT molecular complexity index is 903. The number of sulfone groups is 1. The van der Waals surface area contributed by atoms with E-state index in [1.807, 2.05) is 31.2 Å². The summed E-state index contributed by atoms with van der Waals surface area (Å²) in [6.07, 6.45) is 2.21. The highest BCUT2D eigenvalue weighted by molar-refractivity contribution is 7.91. The molecule has 0 radical (unpaired) electrons. The third kappa shape index (κ3) is 3.02. The molecule has 3 aromatic rings. The van der Waals surface area contributed by atoms with Gasteiger partial charge in [0.25, 0.3) is 0 Å². The third-order valence-electron chi connectivity index (χ3n) is 3.67. The normalized spacial score (nSPS) is 11.7. The Balaban J connectivity index is 1.91. The van der Waals surface area contributed by atoms with E-state index in [2.05, 4.69) is 11.1 Å². The summed E-state index contributed by atoms with van der Waals surface area (Å²) in [5.74, 6) is 0.0894. The highest BCUT2D eigenvalue weighted by Gasteiger charge is 2.15. The molecule has 0 N–H and O–H groups in total. The molecule has 0 fully saturated rings. The van der Waals surface area contributed by atoms with E-state index in [4.69, 9.17) is 0 Å². The molecule has 0 saturated heterocycles. The number of fused-ring (bicyclic) bond motifs is 1. The van der Waals surface area contributed by atoms with E-state index in [9.17, 15) is 8.42 Å². The molecule has 1 heterocycles. The van der Waals surface area contributed by atoms with E-state index in [1.54, 1.807) is 30.5 Å². The summed E-state index contributed by atoms with van der Waals surface area (Å²) in [7, 11) is -3.27. The molecule has 0 bridgehead atoms. The van der Waals surface area contributed by atoms with E-state index in [0.29, 0.717) is 11.3 Å². The fourth-order valence-electron chi connectivity index (χ4n) is 2.61. The van der Waals surface area contributed by atoms with Crippen molar-refractivity contribution < 1.29 is 8.42 Å². The molecule has 3 rings (SSSR count). The van der Waals surface area contributed by atoms with Gasteiger partial charge < -0.3 is 0 Å². The number of rotatable bonds is 4. The summed E-state index contributed by atoms with van der Waals surface area (Å²) >= 11 is 0. The summed E-state index contributed by atoms with van der Waals surface area (Å²) in [6.45, 7) is 2.02. The van der Waals surface area contributed by atoms with Crippen molar-refractivity contribution in [3.8, 4) is 0 Å². The maximum Gasteiger partial charge on any atom is 0.178 e. The number of hydrogen-bond donors (Lipinski definition) is 0. The van der Waals surface area contributed by atoms with Crippen LogP contribution in [0.25, 0.3) is 10.9 Å². The molecule has 0 aliphatic carbocycles. The first kappa shape index (κ1) is 14.7. The van der Waals surface area contributed by atoms with Crippen LogP contribution in [0.3, 0.4) is 0 Å². The van der Waals surface area contributed by atoms with Crippen molar-refractivity contribution in [2.45, 2.75) is 18.2 Å². The summed E-state index contributed by atoms with van der Waals surface area (Å²) in [5, 5.41) is 1.05. The maximum atomic E-state index is 12.4. The van der Waals surface area contributed by atoms with Gasteiger partial charge in [-0.05, 0) is 43.2 Å². The standard InChI is InChI=1S/C18H17NO2S/c1-14-12-15-6-5-10-19-18(15)16(13-14)9-11-22(20,21)17-7-3-2-4-8-17/h2-8,10,12-13H,9,11H2,1H3. The second-order valence-electron chi connectivity index (χ2n) is 5.38. The van der Waals surface area contributed by atoms with Crippen LogP contribution in [0.4, 0.5) is 0 Å². The van der Waals surface area contributed by atoms with Crippen molar-refractivity contribution >= 4 is 20.7 Å². The van der Waals surface area contributed by atoms with Gasteiger partial charge in [-0.2, -0.15) is 0 Å². The average molecular weight is 311 g/mol. The van der Waals surface area contributed by atoms with Crippen LogP contribution in [0.1, 0.15) is 11.1 Å². The van der Waals surface area contributed by atoms with Crippen molar-refractivity contribution in [1.29, 1.82) is 0 Å². The van der Waals surface area contributed by atoms with Crippen LogP contribution in [0.15, 0.2) is 65.7 Å². The number of nitrogens with zero attached hydrogens (tertiary/aromatic N) is 1. The predicted octanol–water partition coefficient (Wildman–Crippen LogP) is 3.56. The Labute approximate surface area is 130 Å². The monoisotopic (exact) mass is 311 g/mol. The SMILES string of the molecule is Cc1cc(CCS(=O)(=O)c2ccccc2)c2ncccc2c1. The highest BCUT2D eigenvalue weighted by Crippen LogP contribution is 2.21. The highest BCUT2D eigenvalue weighted by atomic mass is 32.2. The fourth-order valence-corrected chi connectivity index (χ4v) is 3.91. The largest absolute Gasteiger partial charge is 0.256 e. The van der Waals surface area contributed by atoms with Gasteiger partial charge in [-0.3, -0.25) is 4.98 Å². The van der Waals surface area contributed by atoms with E-state index in [-0.39, 0.29) is 5.75 Å². The zero-order chi connectivity index (χ0) is 15.6. The molecule has 0 unspecified atom stereocenters. The minimum Gasteiger partial charge on any atom is -0.256 e. The van der Waals surface area contributed by atoms with Gasteiger partial charge in [-0.1, -0.05) is 35.9 Å². The van der Waals surface area contributed by atoms with Crippen LogP contribution in [-0.4, -0.2) is 19.2 Å². The molecule has 0 spiro atoms. The Kier molecular flexibility index (Phi) is 3.94. The smallest absolute Gasteiger partial charge is 0.178 e. The molecular weight excluding hydrogens is 294 g/mol. The summed E-state index contributed by atoms with van der Waals surface area (Å²) < 4.78 is 24.8. The Hall–Kier alpha value is -2.20. The van der Waals surface area contributed by atoms with Crippen LogP contribution < -0.4 is 0 Å². The molecule has 4 heteroatoms. The second kappa shape index (κ2) is 5.89. The molecule has 0 atom stereocenters.